The first kappa shape index (κ1) is 24.8. The van der Waals surface area contributed by atoms with Crippen molar-refractivity contribution < 1.29 is 18.6 Å². The van der Waals surface area contributed by atoms with Crippen molar-refractivity contribution in [2.45, 2.75) is 26.5 Å². The number of nitrogens with zero attached hydrogens (tertiary/aromatic N) is 1. The molecule has 2 N–H and O–H groups in total. The van der Waals surface area contributed by atoms with Crippen LogP contribution in [0.3, 0.4) is 0 Å². The van der Waals surface area contributed by atoms with Gasteiger partial charge in [0.1, 0.15) is 6.10 Å². The summed E-state index contributed by atoms with van der Waals surface area (Å²) >= 11 is 0. The van der Waals surface area contributed by atoms with Crippen molar-refractivity contribution in [1.82, 2.24) is 10.6 Å². The number of hydrogen-bond acceptors (Lipinski definition) is 4. The van der Waals surface area contributed by atoms with Gasteiger partial charge in [-0.1, -0.05) is 18.2 Å². The number of guanidine groups is 1. The number of nitrogens with one attached hydrogen (secondary N) is 2. The van der Waals surface area contributed by atoms with Crippen molar-refractivity contribution in [2.75, 3.05) is 27.3 Å². The van der Waals surface area contributed by atoms with Gasteiger partial charge in [-0.25, -0.2) is 9.38 Å². The Hall–Kier alpha value is -2.23. The van der Waals surface area contributed by atoms with Crippen molar-refractivity contribution >= 4 is 29.9 Å². The van der Waals surface area contributed by atoms with Crippen molar-refractivity contribution in [3.63, 3.8) is 0 Å². The topological polar surface area (TPSA) is 64.1 Å². The predicted octanol–water partition coefficient (Wildman–Crippen LogP) is 3.98. The maximum atomic E-state index is 13.7. The lowest BCUT2D eigenvalue weighted by atomic mass is 10.2. The van der Waals surface area contributed by atoms with Crippen LogP contribution < -0.4 is 24.8 Å². The maximum absolute atomic E-state index is 13.7. The molecular formula is C21H29FIN3O3. The van der Waals surface area contributed by atoms with Gasteiger partial charge in [0.05, 0.1) is 27.3 Å². The fourth-order valence-electron chi connectivity index (χ4n) is 2.53. The first-order valence-electron chi connectivity index (χ1n) is 9.21. The highest BCUT2D eigenvalue weighted by molar-refractivity contribution is 14.0. The summed E-state index contributed by atoms with van der Waals surface area (Å²) in [4.78, 5) is 4.58. The number of para-hydroxylation sites is 1. The monoisotopic (exact) mass is 517 g/mol. The minimum atomic E-state index is -0.372. The van der Waals surface area contributed by atoms with E-state index < -0.39 is 0 Å². The Morgan fingerprint density at radius 3 is 2.41 bits per heavy atom. The van der Waals surface area contributed by atoms with Gasteiger partial charge in [0.15, 0.2) is 29.0 Å². The smallest absolute Gasteiger partial charge is 0.191 e. The number of rotatable bonds is 9. The second-order valence-electron chi connectivity index (χ2n) is 6.12. The average molecular weight is 517 g/mol. The zero-order valence-corrected chi connectivity index (χ0v) is 19.5. The first-order valence-corrected chi connectivity index (χ1v) is 9.21. The summed E-state index contributed by atoms with van der Waals surface area (Å²) in [7, 11) is 3.21. The molecule has 0 amide bonds. The minimum absolute atomic E-state index is 0. The molecule has 0 spiro atoms. The van der Waals surface area contributed by atoms with Gasteiger partial charge >= 0.3 is 0 Å². The number of methoxy groups -OCH3 is 2. The minimum Gasteiger partial charge on any atom is -0.493 e. The highest BCUT2D eigenvalue weighted by Gasteiger charge is 2.09. The van der Waals surface area contributed by atoms with Crippen LogP contribution in [0.25, 0.3) is 0 Å². The molecule has 0 aliphatic rings. The third kappa shape index (κ3) is 7.96. The van der Waals surface area contributed by atoms with E-state index in [-0.39, 0.29) is 41.6 Å². The Bertz CT molecular complexity index is 790. The molecular weight excluding hydrogens is 488 g/mol. The first-order chi connectivity index (χ1) is 13.6. The largest absolute Gasteiger partial charge is 0.493 e. The van der Waals surface area contributed by atoms with E-state index in [9.17, 15) is 4.39 Å². The molecule has 29 heavy (non-hydrogen) atoms. The summed E-state index contributed by atoms with van der Waals surface area (Å²) in [5, 5.41) is 6.40. The predicted molar refractivity (Wildman–Crippen MR) is 124 cm³/mol. The fraction of sp³-hybridized carbons (Fsp3) is 0.381. The van der Waals surface area contributed by atoms with E-state index in [1.54, 1.807) is 32.4 Å². The number of hydrogen-bond donors (Lipinski definition) is 2. The van der Waals surface area contributed by atoms with E-state index in [1.165, 1.54) is 6.07 Å². The van der Waals surface area contributed by atoms with Crippen LogP contribution in [0.15, 0.2) is 47.5 Å². The lowest BCUT2D eigenvalue weighted by Gasteiger charge is -2.18. The molecule has 2 aromatic carbocycles. The third-order valence-electron chi connectivity index (χ3n) is 3.93. The quantitative estimate of drug-likeness (QED) is 0.300. The molecule has 0 aromatic heterocycles. The molecule has 0 saturated heterocycles. The SMILES string of the molecule is CCNC(=NCc1ccc(OC)c(OC)c1)NCC(C)Oc1ccccc1F.I. The standard InChI is InChI=1S/C21H28FN3O3.HI/c1-5-23-21(24-13-15(2)28-18-9-7-6-8-17(18)22)25-14-16-10-11-19(26-3)20(12-16)27-4;/h6-12,15H,5,13-14H2,1-4H3,(H2,23,24,25);1H. The summed E-state index contributed by atoms with van der Waals surface area (Å²) in [5.74, 6) is 1.87. The van der Waals surface area contributed by atoms with Gasteiger partial charge in [-0.2, -0.15) is 0 Å². The summed E-state index contributed by atoms with van der Waals surface area (Å²) in [6.07, 6.45) is -0.234. The van der Waals surface area contributed by atoms with E-state index in [0.717, 1.165) is 12.1 Å². The number of benzene rings is 2. The molecule has 160 valence electrons. The number of halogens is 2. The molecule has 6 nitrogen and oxygen atoms in total. The molecule has 2 rings (SSSR count). The number of aliphatic imine (C=N–C) groups is 1. The molecule has 0 aliphatic carbocycles. The second-order valence-corrected chi connectivity index (χ2v) is 6.12. The van der Waals surface area contributed by atoms with Crippen LogP contribution in [0, 0.1) is 5.82 Å². The van der Waals surface area contributed by atoms with Gasteiger partial charge in [0, 0.05) is 6.54 Å². The molecule has 8 heteroatoms. The molecule has 1 unspecified atom stereocenters. The van der Waals surface area contributed by atoms with Crippen LogP contribution in [0.2, 0.25) is 0 Å². The molecule has 1 atom stereocenters. The van der Waals surface area contributed by atoms with Gasteiger partial charge in [-0.3, -0.25) is 0 Å². The Kier molecular flexibility index (Phi) is 11.2. The zero-order chi connectivity index (χ0) is 20.4. The van der Waals surface area contributed by atoms with Crippen molar-refractivity contribution in [2.24, 2.45) is 4.99 Å². The van der Waals surface area contributed by atoms with E-state index >= 15 is 0 Å². The van der Waals surface area contributed by atoms with Gasteiger partial charge in [-0.15, -0.1) is 24.0 Å². The average Bonchev–Trinajstić information content (AvgIpc) is 2.71. The lowest BCUT2D eigenvalue weighted by molar-refractivity contribution is 0.214. The molecule has 0 fully saturated rings. The van der Waals surface area contributed by atoms with Gasteiger partial charge in [-0.05, 0) is 43.7 Å². The van der Waals surface area contributed by atoms with Crippen molar-refractivity contribution in [3.05, 3.63) is 53.8 Å². The summed E-state index contributed by atoms with van der Waals surface area (Å²) < 4.78 is 29.9. The van der Waals surface area contributed by atoms with Crippen LogP contribution in [0.4, 0.5) is 4.39 Å². The van der Waals surface area contributed by atoms with Crippen LogP contribution in [-0.2, 0) is 6.54 Å². The van der Waals surface area contributed by atoms with E-state index in [1.807, 2.05) is 32.0 Å². The molecule has 0 radical (unpaired) electrons. The van der Waals surface area contributed by atoms with Crippen LogP contribution in [0.1, 0.15) is 19.4 Å². The Morgan fingerprint density at radius 2 is 1.76 bits per heavy atom. The summed E-state index contributed by atoms with van der Waals surface area (Å²) in [6, 6.07) is 12.1. The fourth-order valence-corrected chi connectivity index (χ4v) is 2.53. The summed E-state index contributed by atoms with van der Waals surface area (Å²) in [6.45, 7) is 5.54. The van der Waals surface area contributed by atoms with E-state index in [2.05, 4.69) is 15.6 Å². The van der Waals surface area contributed by atoms with E-state index in [4.69, 9.17) is 14.2 Å². The normalized spacial score (nSPS) is 11.8. The molecule has 0 aliphatic heterocycles. The van der Waals surface area contributed by atoms with E-state index in [0.29, 0.717) is 30.5 Å². The highest BCUT2D eigenvalue weighted by Crippen LogP contribution is 2.27. The van der Waals surface area contributed by atoms with Gasteiger partial charge < -0.3 is 24.8 Å². The second kappa shape index (κ2) is 13.1. The molecule has 0 heterocycles. The van der Waals surface area contributed by atoms with Gasteiger partial charge in [0.25, 0.3) is 0 Å². The lowest BCUT2D eigenvalue weighted by Crippen LogP contribution is -2.41. The van der Waals surface area contributed by atoms with Crippen molar-refractivity contribution in [3.8, 4) is 17.2 Å². The van der Waals surface area contributed by atoms with Crippen LogP contribution in [0.5, 0.6) is 17.2 Å². The Labute approximate surface area is 188 Å². The van der Waals surface area contributed by atoms with Crippen LogP contribution >= 0.6 is 24.0 Å². The molecule has 0 saturated carbocycles. The maximum Gasteiger partial charge on any atom is 0.191 e. The third-order valence-corrected chi connectivity index (χ3v) is 3.93. The Balaban J connectivity index is 0.00000420. The van der Waals surface area contributed by atoms with Crippen molar-refractivity contribution in [1.29, 1.82) is 0 Å². The Morgan fingerprint density at radius 1 is 1.03 bits per heavy atom. The highest BCUT2D eigenvalue weighted by atomic mass is 127. The van der Waals surface area contributed by atoms with Crippen LogP contribution in [-0.4, -0.2) is 39.4 Å². The number of ether oxygens (including phenoxy) is 3. The summed E-state index contributed by atoms with van der Waals surface area (Å²) in [5.41, 5.74) is 0.991. The van der Waals surface area contributed by atoms with Gasteiger partial charge in [0.2, 0.25) is 0 Å². The molecule has 0 bridgehead atoms. The zero-order valence-electron chi connectivity index (χ0n) is 17.2. The molecule has 2 aromatic rings.